The van der Waals surface area contributed by atoms with Crippen LogP contribution in [0, 0.1) is 5.92 Å². The summed E-state index contributed by atoms with van der Waals surface area (Å²) in [6.45, 7) is 6.37. The number of hydrogen-bond donors (Lipinski definition) is 2. The lowest BCUT2D eigenvalue weighted by Gasteiger charge is -2.22. The zero-order valence-electron chi connectivity index (χ0n) is 11.7. The predicted octanol–water partition coefficient (Wildman–Crippen LogP) is 3.56. The summed E-state index contributed by atoms with van der Waals surface area (Å²) in [4.78, 5) is 0. The van der Waals surface area contributed by atoms with E-state index in [1.54, 1.807) is 18.2 Å². The molecule has 0 bridgehead atoms. The summed E-state index contributed by atoms with van der Waals surface area (Å²) in [5.74, 6) is 0.502. The Kier molecular flexibility index (Phi) is 5.50. The Morgan fingerprint density at radius 3 is 2.47 bits per heavy atom. The first-order chi connectivity index (χ1) is 8.73. The second-order valence-electron chi connectivity index (χ2n) is 4.89. The zero-order chi connectivity index (χ0) is 14.6. The normalized spacial score (nSPS) is 14.8. The molecular formula is C13H21ClN2O2S. The average Bonchev–Trinajstić information content (AvgIpc) is 2.30. The lowest BCUT2D eigenvalue weighted by Crippen LogP contribution is -2.23. The van der Waals surface area contributed by atoms with E-state index in [9.17, 15) is 8.42 Å². The fourth-order valence-electron chi connectivity index (χ4n) is 1.65. The molecule has 1 rings (SSSR count). The van der Waals surface area contributed by atoms with Gasteiger partial charge in [-0.05, 0) is 31.0 Å². The number of halogens is 1. The van der Waals surface area contributed by atoms with Crippen LogP contribution in [0.3, 0.4) is 0 Å². The SMILES string of the molecule is CCC(C)C(C)Nc1cc(NS(C)(=O)=O)ccc1Cl. The van der Waals surface area contributed by atoms with E-state index in [4.69, 9.17) is 11.6 Å². The molecular weight excluding hydrogens is 284 g/mol. The Hall–Kier alpha value is -0.940. The van der Waals surface area contributed by atoms with Crippen LogP contribution in [0.25, 0.3) is 0 Å². The van der Waals surface area contributed by atoms with Crippen LogP contribution in [-0.4, -0.2) is 20.7 Å². The van der Waals surface area contributed by atoms with Gasteiger partial charge in [0.05, 0.1) is 22.7 Å². The van der Waals surface area contributed by atoms with Crippen molar-refractivity contribution >= 4 is 33.0 Å². The number of anilines is 2. The summed E-state index contributed by atoms with van der Waals surface area (Å²) in [5, 5.41) is 3.90. The molecule has 0 radical (unpaired) electrons. The van der Waals surface area contributed by atoms with Gasteiger partial charge in [-0.2, -0.15) is 0 Å². The fourth-order valence-corrected chi connectivity index (χ4v) is 2.38. The molecule has 0 spiro atoms. The van der Waals surface area contributed by atoms with Crippen LogP contribution in [0.1, 0.15) is 27.2 Å². The molecule has 0 fully saturated rings. The summed E-state index contributed by atoms with van der Waals surface area (Å²) in [7, 11) is -3.28. The van der Waals surface area contributed by atoms with Gasteiger partial charge in [0.2, 0.25) is 10.0 Å². The molecule has 0 aliphatic carbocycles. The molecule has 108 valence electrons. The van der Waals surface area contributed by atoms with Gasteiger partial charge in [0, 0.05) is 6.04 Å². The molecule has 6 heteroatoms. The van der Waals surface area contributed by atoms with Crippen LogP contribution >= 0.6 is 11.6 Å². The van der Waals surface area contributed by atoms with E-state index in [1.165, 1.54) is 0 Å². The quantitative estimate of drug-likeness (QED) is 0.845. The van der Waals surface area contributed by atoms with Gasteiger partial charge in [-0.1, -0.05) is 31.9 Å². The van der Waals surface area contributed by atoms with Gasteiger partial charge in [-0.25, -0.2) is 8.42 Å². The molecule has 0 aliphatic rings. The lowest BCUT2D eigenvalue weighted by atomic mass is 10.0. The highest BCUT2D eigenvalue weighted by molar-refractivity contribution is 7.92. The maximum absolute atomic E-state index is 11.2. The van der Waals surface area contributed by atoms with E-state index in [0.717, 1.165) is 18.4 Å². The highest BCUT2D eigenvalue weighted by atomic mass is 35.5. The average molecular weight is 305 g/mol. The van der Waals surface area contributed by atoms with E-state index in [2.05, 4.69) is 30.8 Å². The van der Waals surface area contributed by atoms with Crippen molar-refractivity contribution < 1.29 is 8.42 Å². The first-order valence-electron chi connectivity index (χ1n) is 6.26. The van der Waals surface area contributed by atoms with Crippen LogP contribution in [-0.2, 0) is 10.0 Å². The Morgan fingerprint density at radius 1 is 1.32 bits per heavy atom. The standard InChI is InChI=1S/C13H21ClN2O2S/c1-5-9(2)10(3)15-13-8-11(6-7-12(13)14)16-19(4,17)18/h6-10,15-16H,5H2,1-4H3. The summed E-state index contributed by atoms with van der Waals surface area (Å²) in [5.41, 5.74) is 1.24. The molecule has 0 saturated heterocycles. The Balaban J connectivity index is 2.91. The topological polar surface area (TPSA) is 58.2 Å². The maximum atomic E-state index is 11.2. The molecule has 19 heavy (non-hydrogen) atoms. The van der Waals surface area contributed by atoms with Crippen LogP contribution in [0.2, 0.25) is 5.02 Å². The van der Waals surface area contributed by atoms with Crippen LogP contribution in [0.15, 0.2) is 18.2 Å². The highest BCUT2D eigenvalue weighted by Crippen LogP contribution is 2.27. The molecule has 2 N–H and O–H groups in total. The van der Waals surface area contributed by atoms with Crippen LogP contribution in [0.5, 0.6) is 0 Å². The molecule has 1 aromatic carbocycles. The third kappa shape index (κ3) is 5.28. The third-order valence-corrected chi connectivity index (χ3v) is 4.09. The third-order valence-electron chi connectivity index (χ3n) is 3.15. The number of hydrogen-bond acceptors (Lipinski definition) is 3. The van der Waals surface area contributed by atoms with E-state index in [1.807, 2.05) is 0 Å². The molecule has 0 aliphatic heterocycles. The van der Waals surface area contributed by atoms with E-state index < -0.39 is 10.0 Å². The number of rotatable bonds is 6. The monoisotopic (exact) mass is 304 g/mol. The summed E-state index contributed by atoms with van der Waals surface area (Å²) >= 11 is 6.12. The molecule has 0 saturated carbocycles. The van der Waals surface area contributed by atoms with Crippen LogP contribution < -0.4 is 10.0 Å². The van der Waals surface area contributed by atoms with Gasteiger partial charge >= 0.3 is 0 Å². The maximum Gasteiger partial charge on any atom is 0.229 e. The van der Waals surface area contributed by atoms with Crippen molar-refractivity contribution in [2.24, 2.45) is 5.92 Å². The van der Waals surface area contributed by atoms with Crippen molar-refractivity contribution in [3.63, 3.8) is 0 Å². The van der Waals surface area contributed by atoms with Crippen molar-refractivity contribution in [1.29, 1.82) is 0 Å². The second-order valence-corrected chi connectivity index (χ2v) is 7.04. The Labute approximate surface area is 120 Å². The minimum atomic E-state index is -3.28. The fraction of sp³-hybridized carbons (Fsp3) is 0.538. The molecule has 0 amide bonds. The van der Waals surface area contributed by atoms with E-state index in [0.29, 0.717) is 16.6 Å². The number of nitrogens with one attached hydrogen (secondary N) is 2. The van der Waals surface area contributed by atoms with Gasteiger partial charge in [0.1, 0.15) is 0 Å². The van der Waals surface area contributed by atoms with Gasteiger partial charge in [0.25, 0.3) is 0 Å². The van der Waals surface area contributed by atoms with E-state index in [-0.39, 0.29) is 6.04 Å². The van der Waals surface area contributed by atoms with Gasteiger partial charge in [0.15, 0.2) is 0 Å². The van der Waals surface area contributed by atoms with Crippen molar-refractivity contribution in [3.05, 3.63) is 23.2 Å². The molecule has 0 aromatic heterocycles. The largest absolute Gasteiger partial charge is 0.381 e. The molecule has 2 unspecified atom stereocenters. The van der Waals surface area contributed by atoms with Crippen molar-refractivity contribution in [2.75, 3.05) is 16.3 Å². The lowest BCUT2D eigenvalue weighted by molar-refractivity contribution is 0.495. The van der Waals surface area contributed by atoms with Crippen molar-refractivity contribution in [1.82, 2.24) is 0 Å². The molecule has 1 aromatic rings. The van der Waals surface area contributed by atoms with Crippen LogP contribution in [0.4, 0.5) is 11.4 Å². The smallest absolute Gasteiger partial charge is 0.229 e. The minimum absolute atomic E-state index is 0.260. The number of benzene rings is 1. The Morgan fingerprint density at radius 2 is 1.95 bits per heavy atom. The van der Waals surface area contributed by atoms with Crippen molar-refractivity contribution in [3.8, 4) is 0 Å². The Bertz CT molecular complexity index is 531. The molecule has 0 heterocycles. The van der Waals surface area contributed by atoms with Crippen molar-refractivity contribution in [2.45, 2.75) is 33.2 Å². The van der Waals surface area contributed by atoms with Gasteiger partial charge in [-0.3, -0.25) is 4.72 Å². The summed E-state index contributed by atoms with van der Waals surface area (Å²) < 4.78 is 24.9. The summed E-state index contributed by atoms with van der Waals surface area (Å²) in [6.07, 6.45) is 2.18. The highest BCUT2D eigenvalue weighted by Gasteiger charge is 2.12. The molecule has 4 nitrogen and oxygen atoms in total. The first-order valence-corrected chi connectivity index (χ1v) is 8.53. The zero-order valence-corrected chi connectivity index (χ0v) is 13.3. The molecule has 2 atom stereocenters. The minimum Gasteiger partial charge on any atom is -0.381 e. The van der Waals surface area contributed by atoms with E-state index >= 15 is 0 Å². The van der Waals surface area contributed by atoms with Gasteiger partial charge < -0.3 is 5.32 Å². The number of sulfonamides is 1. The second kappa shape index (κ2) is 6.48. The predicted molar refractivity (Wildman–Crippen MR) is 82.5 cm³/mol. The first kappa shape index (κ1) is 16.1. The summed E-state index contributed by atoms with van der Waals surface area (Å²) in [6, 6.07) is 5.29. The van der Waals surface area contributed by atoms with Gasteiger partial charge in [-0.15, -0.1) is 0 Å².